The largest absolute Gasteiger partial charge is 0.396 e. The van der Waals surface area contributed by atoms with Crippen LogP contribution in [0.4, 0.5) is 0 Å². The molecule has 0 saturated carbocycles. The Morgan fingerprint density at radius 1 is 1.47 bits per heavy atom. The fraction of sp³-hybridized carbons (Fsp3) is 0.909. The van der Waals surface area contributed by atoms with Crippen molar-refractivity contribution < 1.29 is 18.3 Å². The molecule has 1 aliphatic heterocycles. The van der Waals surface area contributed by atoms with Gasteiger partial charge in [-0.3, -0.25) is 4.79 Å². The number of amides is 1. The molecule has 0 bridgehead atoms. The summed E-state index contributed by atoms with van der Waals surface area (Å²) >= 11 is 0. The highest BCUT2D eigenvalue weighted by molar-refractivity contribution is 7.91. The Morgan fingerprint density at radius 2 is 2.12 bits per heavy atom. The molecule has 1 fully saturated rings. The molecule has 1 atom stereocenters. The van der Waals surface area contributed by atoms with Crippen molar-refractivity contribution in [3.8, 4) is 0 Å². The minimum atomic E-state index is -2.92. The highest BCUT2D eigenvalue weighted by atomic mass is 32.2. The standard InChI is InChI=1S/C11H21NO4S/c1-11(2,4-5-13)12-10(14)7-9-3-6-17(15,16)8-9/h9,13H,3-8H2,1-2H3,(H,12,14). The normalized spacial score (nSPS) is 23.6. The minimum Gasteiger partial charge on any atom is -0.396 e. The molecule has 2 N–H and O–H groups in total. The topological polar surface area (TPSA) is 83.5 Å². The summed E-state index contributed by atoms with van der Waals surface area (Å²) in [6.45, 7) is 3.70. The van der Waals surface area contributed by atoms with E-state index in [4.69, 9.17) is 5.11 Å². The molecule has 0 aromatic heterocycles. The first kappa shape index (κ1) is 14.4. The van der Waals surface area contributed by atoms with Gasteiger partial charge in [-0.05, 0) is 32.6 Å². The van der Waals surface area contributed by atoms with Crippen molar-refractivity contribution in [3.63, 3.8) is 0 Å². The smallest absolute Gasteiger partial charge is 0.220 e. The van der Waals surface area contributed by atoms with E-state index in [-0.39, 0.29) is 36.4 Å². The van der Waals surface area contributed by atoms with Crippen LogP contribution in [0.1, 0.15) is 33.1 Å². The van der Waals surface area contributed by atoms with Crippen molar-refractivity contribution in [2.75, 3.05) is 18.1 Å². The highest BCUT2D eigenvalue weighted by Gasteiger charge is 2.30. The third kappa shape index (κ3) is 5.04. The quantitative estimate of drug-likeness (QED) is 0.736. The van der Waals surface area contributed by atoms with E-state index in [1.165, 1.54) is 0 Å². The Hall–Kier alpha value is -0.620. The molecule has 0 aliphatic carbocycles. The van der Waals surface area contributed by atoms with Crippen LogP contribution in [0.15, 0.2) is 0 Å². The van der Waals surface area contributed by atoms with Crippen molar-refractivity contribution >= 4 is 15.7 Å². The highest BCUT2D eigenvalue weighted by Crippen LogP contribution is 2.22. The Labute approximate surface area is 103 Å². The van der Waals surface area contributed by atoms with Crippen LogP contribution in [-0.2, 0) is 14.6 Å². The van der Waals surface area contributed by atoms with Crippen LogP contribution in [0.25, 0.3) is 0 Å². The first-order valence-electron chi connectivity index (χ1n) is 5.86. The molecule has 0 spiro atoms. The average Bonchev–Trinajstić information content (AvgIpc) is 2.43. The lowest BCUT2D eigenvalue weighted by atomic mass is 9.99. The molecule has 5 nitrogen and oxygen atoms in total. The molecule has 1 unspecified atom stereocenters. The summed E-state index contributed by atoms with van der Waals surface area (Å²) in [5, 5.41) is 11.7. The van der Waals surface area contributed by atoms with Crippen LogP contribution in [0, 0.1) is 5.92 Å². The predicted octanol–water partition coefficient (Wildman–Crippen LogP) is 0.0884. The maximum atomic E-state index is 11.7. The van der Waals surface area contributed by atoms with Crippen molar-refractivity contribution in [2.45, 2.75) is 38.6 Å². The van der Waals surface area contributed by atoms with E-state index < -0.39 is 15.4 Å². The molecule has 1 amide bonds. The van der Waals surface area contributed by atoms with Crippen LogP contribution in [-0.4, -0.2) is 43.1 Å². The van der Waals surface area contributed by atoms with Crippen molar-refractivity contribution in [2.24, 2.45) is 5.92 Å². The van der Waals surface area contributed by atoms with E-state index in [1.54, 1.807) is 0 Å². The van der Waals surface area contributed by atoms with Gasteiger partial charge in [0.1, 0.15) is 0 Å². The number of carbonyl (C=O) groups excluding carboxylic acids is 1. The predicted molar refractivity (Wildman–Crippen MR) is 65.3 cm³/mol. The van der Waals surface area contributed by atoms with Crippen LogP contribution in [0.5, 0.6) is 0 Å². The number of hydrogen-bond acceptors (Lipinski definition) is 4. The van der Waals surface area contributed by atoms with Gasteiger partial charge in [-0.25, -0.2) is 8.42 Å². The molecule has 6 heteroatoms. The van der Waals surface area contributed by atoms with Gasteiger partial charge in [0.05, 0.1) is 11.5 Å². The van der Waals surface area contributed by atoms with Gasteiger partial charge >= 0.3 is 0 Å². The van der Waals surface area contributed by atoms with Gasteiger partial charge in [-0.1, -0.05) is 0 Å². The Kier molecular flexibility index (Phi) is 4.55. The molecule has 0 radical (unpaired) electrons. The zero-order valence-corrected chi connectivity index (χ0v) is 11.2. The molecule has 100 valence electrons. The number of aliphatic hydroxyl groups excluding tert-OH is 1. The average molecular weight is 263 g/mol. The second-order valence-electron chi connectivity index (χ2n) is 5.38. The van der Waals surface area contributed by atoms with Crippen molar-refractivity contribution in [1.82, 2.24) is 5.32 Å². The zero-order valence-electron chi connectivity index (χ0n) is 10.4. The maximum absolute atomic E-state index is 11.7. The van der Waals surface area contributed by atoms with Crippen LogP contribution in [0.2, 0.25) is 0 Å². The molecule has 1 rings (SSSR count). The molecule has 1 heterocycles. The van der Waals surface area contributed by atoms with E-state index in [1.807, 2.05) is 13.8 Å². The van der Waals surface area contributed by atoms with Gasteiger partial charge < -0.3 is 10.4 Å². The second kappa shape index (κ2) is 5.35. The molecule has 1 aliphatic rings. The lowest BCUT2D eigenvalue weighted by Crippen LogP contribution is -2.44. The van der Waals surface area contributed by atoms with Gasteiger partial charge in [0, 0.05) is 18.6 Å². The van der Waals surface area contributed by atoms with Crippen LogP contribution < -0.4 is 5.32 Å². The molecular weight excluding hydrogens is 242 g/mol. The summed E-state index contributed by atoms with van der Waals surface area (Å²) in [7, 11) is -2.92. The third-order valence-electron chi connectivity index (χ3n) is 3.02. The van der Waals surface area contributed by atoms with Gasteiger partial charge in [-0.2, -0.15) is 0 Å². The summed E-state index contributed by atoms with van der Waals surface area (Å²) in [6.07, 6.45) is 1.33. The van der Waals surface area contributed by atoms with Gasteiger partial charge in [0.25, 0.3) is 0 Å². The van der Waals surface area contributed by atoms with Crippen molar-refractivity contribution in [1.29, 1.82) is 0 Å². The third-order valence-corrected chi connectivity index (χ3v) is 4.85. The van der Waals surface area contributed by atoms with Crippen LogP contribution >= 0.6 is 0 Å². The Bertz CT molecular complexity index is 375. The maximum Gasteiger partial charge on any atom is 0.220 e. The van der Waals surface area contributed by atoms with E-state index in [0.717, 1.165) is 0 Å². The van der Waals surface area contributed by atoms with Gasteiger partial charge in [-0.15, -0.1) is 0 Å². The molecule has 17 heavy (non-hydrogen) atoms. The molecular formula is C11H21NO4S. The van der Waals surface area contributed by atoms with E-state index in [0.29, 0.717) is 12.8 Å². The SMILES string of the molecule is CC(C)(CCO)NC(=O)CC1CCS(=O)(=O)C1. The molecule has 0 aromatic rings. The summed E-state index contributed by atoms with van der Waals surface area (Å²) < 4.78 is 22.5. The van der Waals surface area contributed by atoms with Gasteiger partial charge in [0.2, 0.25) is 5.91 Å². The van der Waals surface area contributed by atoms with Crippen LogP contribution in [0.3, 0.4) is 0 Å². The lowest BCUT2D eigenvalue weighted by Gasteiger charge is -2.26. The fourth-order valence-electron chi connectivity index (χ4n) is 2.07. The minimum absolute atomic E-state index is 0.0189. The first-order chi connectivity index (χ1) is 7.74. The summed E-state index contributed by atoms with van der Waals surface area (Å²) in [6, 6.07) is 0. The van der Waals surface area contributed by atoms with E-state index in [9.17, 15) is 13.2 Å². The number of carbonyl (C=O) groups is 1. The zero-order chi connectivity index (χ0) is 13.1. The fourth-order valence-corrected chi connectivity index (χ4v) is 3.93. The summed E-state index contributed by atoms with van der Waals surface area (Å²) in [5.41, 5.74) is -0.441. The van der Waals surface area contributed by atoms with Gasteiger partial charge in [0.15, 0.2) is 9.84 Å². The number of aliphatic hydroxyl groups is 1. The first-order valence-corrected chi connectivity index (χ1v) is 7.68. The number of sulfone groups is 1. The molecule has 1 saturated heterocycles. The van der Waals surface area contributed by atoms with E-state index in [2.05, 4.69) is 5.32 Å². The summed E-state index contributed by atoms with van der Waals surface area (Å²) in [4.78, 5) is 11.7. The second-order valence-corrected chi connectivity index (χ2v) is 7.61. The molecule has 0 aromatic carbocycles. The van der Waals surface area contributed by atoms with Crippen molar-refractivity contribution in [3.05, 3.63) is 0 Å². The Morgan fingerprint density at radius 3 is 2.59 bits per heavy atom. The monoisotopic (exact) mass is 263 g/mol. The summed E-state index contributed by atoms with van der Waals surface area (Å²) in [5.74, 6) is 0.140. The number of hydrogen-bond donors (Lipinski definition) is 2. The number of nitrogens with one attached hydrogen (secondary N) is 1. The Balaban J connectivity index is 2.41. The number of rotatable bonds is 5. The van der Waals surface area contributed by atoms with E-state index >= 15 is 0 Å². The lowest BCUT2D eigenvalue weighted by molar-refractivity contribution is -0.123.